The number of carbonyl (C=O) groups excluding carboxylic acids is 1. The molecule has 2 atom stereocenters. The Balaban J connectivity index is 1.15. The molecule has 0 aromatic heterocycles. The molecule has 8 heteroatoms. The summed E-state index contributed by atoms with van der Waals surface area (Å²) in [5.41, 5.74) is 0.766. The minimum atomic E-state index is -1.22. The van der Waals surface area contributed by atoms with E-state index in [4.69, 9.17) is 14.6 Å². The number of carboxylic acids is 1. The van der Waals surface area contributed by atoms with Gasteiger partial charge in [-0.05, 0) is 55.1 Å². The second-order valence-corrected chi connectivity index (χ2v) is 9.11. The molecule has 1 heterocycles. The van der Waals surface area contributed by atoms with Crippen LogP contribution in [0.2, 0.25) is 0 Å². The molecule has 1 N–H and O–H groups in total. The van der Waals surface area contributed by atoms with Crippen molar-refractivity contribution in [2.45, 2.75) is 38.7 Å². The van der Waals surface area contributed by atoms with E-state index >= 15 is 0 Å². The van der Waals surface area contributed by atoms with E-state index in [0.29, 0.717) is 30.8 Å². The fourth-order valence-electron chi connectivity index (χ4n) is 4.80. The molecule has 2 aromatic carbocycles. The molecule has 34 heavy (non-hydrogen) atoms. The zero-order valence-corrected chi connectivity index (χ0v) is 18.9. The summed E-state index contributed by atoms with van der Waals surface area (Å²) in [7, 11) is 0. The van der Waals surface area contributed by atoms with Gasteiger partial charge in [0, 0.05) is 24.7 Å². The quantitative estimate of drug-likeness (QED) is 0.552. The average molecular weight is 474 g/mol. The number of carboxylic acid groups (broad SMARTS) is 1. The van der Waals surface area contributed by atoms with Crippen LogP contribution in [-0.4, -0.2) is 41.8 Å². The third-order valence-electron chi connectivity index (χ3n) is 6.77. The highest BCUT2D eigenvalue weighted by Gasteiger charge is 2.43. The molecule has 1 saturated heterocycles. The van der Waals surface area contributed by atoms with E-state index in [1.54, 1.807) is 4.90 Å². The van der Waals surface area contributed by atoms with Crippen LogP contribution in [0.15, 0.2) is 42.5 Å². The van der Waals surface area contributed by atoms with Crippen molar-refractivity contribution >= 4 is 12.1 Å². The second kappa shape index (κ2) is 10.8. The molecule has 182 valence electrons. The first-order valence-corrected chi connectivity index (χ1v) is 11.7. The van der Waals surface area contributed by atoms with Gasteiger partial charge in [0.05, 0.1) is 13.0 Å². The molecule has 1 aliphatic carbocycles. The van der Waals surface area contributed by atoms with E-state index in [1.807, 2.05) is 30.3 Å². The van der Waals surface area contributed by atoms with Crippen LogP contribution in [0.5, 0.6) is 5.75 Å². The number of rotatable bonds is 9. The lowest BCUT2D eigenvalue weighted by Gasteiger charge is -2.31. The minimum Gasteiger partial charge on any atom is -0.490 e. The molecule has 2 fully saturated rings. The maximum absolute atomic E-state index is 14.1. The maximum Gasteiger partial charge on any atom is 0.410 e. The van der Waals surface area contributed by atoms with E-state index in [0.717, 1.165) is 43.4 Å². The lowest BCUT2D eigenvalue weighted by atomic mass is 9.91. The van der Waals surface area contributed by atoms with Crippen molar-refractivity contribution in [2.24, 2.45) is 17.8 Å². The smallest absolute Gasteiger partial charge is 0.410 e. The number of hydrogen-bond donors (Lipinski definition) is 1. The molecule has 0 bridgehead atoms. The number of aliphatic carboxylic acids is 1. The fraction of sp³-hybridized carbons (Fsp3) is 0.462. The van der Waals surface area contributed by atoms with Crippen molar-refractivity contribution in [3.05, 3.63) is 65.2 Å². The average Bonchev–Trinajstić information content (AvgIpc) is 3.60. The summed E-state index contributed by atoms with van der Waals surface area (Å²) >= 11 is 0. The van der Waals surface area contributed by atoms with Gasteiger partial charge < -0.3 is 19.5 Å². The molecule has 2 aromatic rings. The van der Waals surface area contributed by atoms with Crippen molar-refractivity contribution in [3.63, 3.8) is 0 Å². The number of nitrogens with zero attached hydrogens (tertiary/aromatic N) is 1. The predicted molar refractivity (Wildman–Crippen MR) is 120 cm³/mol. The summed E-state index contributed by atoms with van der Waals surface area (Å²) in [6.07, 6.45) is 2.87. The van der Waals surface area contributed by atoms with Gasteiger partial charge in [-0.15, -0.1) is 0 Å². The number of ether oxygens (including phenoxy) is 2. The minimum absolute atomic E-state index is 0.189. The molecule has 0 radical (unpaired) electrons. The molecule has 0 spiro atoms. The Morgan fingerprint density at radius 2 is 1.79 bits per heavy atom. The van der Waals surface area contributed by atoms with E-state index < -0.39 is 24.0 Å². The summed E-state index contributed by atoms with van der Waals surface area (Å²) in [5.74, 6) is -1.33. The normalized spacial score (nSPS) is 20.1. The van der Waals surface area contributed by atoms with Gasteiger partial charge in [-0.1, -0.05) is 30.3 Å². The SMILES string of the molecule is O=C(O)Cc1cc(F)c(OCC[C@@H]2C[C@@H]2C2CCN(C(=O)OCc3ccccc3)CC2)cc1F. The molecular formula is C26H29F2NO5. The van der Waals surface area contributed by atoms with Crippen molar-refractivity contribution in [2.75, 3.05) is 19.7 Å². The van der Waals surface area contributed by atoms with Gasteiger partial charge >= 0.3 is 12.1 Å². The third kappa shape index (κ3) is 6.24. The highest BCUT2D eigenvalue weighted by atomic mass is 19.1. The fourth-order valence-corrected chi connectivity index (χ4v) is 4.80. The Hall–Kier alpha value is -3.16. The van der Waals surface area contributed by atoms with Crippen LogP contribution in [0.25, 0.3) is 0 Å². The van der Waals surface area contributed by atoms with Gasteiger partial charge in [0.2, 0.25) is 0 Å². The monoisotopic (exact) mass is 473 g/mol. The molecule has 1 amide bonds. The van der Waals surface area contributed by atoms with Crippen molar-refractivity contribution < 1.29 is 33.0 Å². The number of likely N-dealkylation sites (tertiary alicyclic amines) is 1. The van der Waals surface area contributed by atoms with Gasteiger partial charge in [-0.25, -0.2) is 13.6 Å². The number of halogens is 2. The van der Waals surface area contributed by atoms with Crippen LogP contribution in [0.1, 0.15) is 36.8 Å². The van der Waals surface area contributed by atoms with Crippen LogP contribution < -0.4 is 4.74 Å². The van der Waals surface area contributed by atoms with Gasteiger partial charge in [-0.3, -0.25) is 4.79 Å². The van der Waals surface area contributed by atoms with Crippen molar-refractivity contribution in [1.29, 1.82) is 0 Å². The molecule has 2 aliphatic rings. The topological polar surface area (TPSA) is 76.1 Å². The molecule has 1 saturated carbocycles. The summed E-state index contributed by atoms with van der Waals surface area (Å²) in [4.78, 5) is 24.8. The van der Waals surface area contributed by atoms with E-state index in [9.17, 15) is 18.4 Å². The summed E-state index contributed by atoms with van der Waals surface area (Å²) in [5, 5.41) is 8.76. The number of benzene rings is 2. The molecule has 0 unspecified atom stereocenters. The van der Waals surface area contributed by atoms with Gasteiger partial charge in [-0.2, -0.15) is 0 Å². The zero-order chi connectivity index (χ0) is 24.1. The van der Waals surface area contributed by atoms with Gasteiger partial charge in [0.25, 0.3) is 0 Å². The van der Waals surface area contributed by atoms with Crippen LogP contribution in [0, 0.1) is 29.4 Å². The number of hydrogen-bond acceptors (Lipinski definition) is 4. The lowest BCUT2D eigenvalue weighted by Crippen LogP contribution is -2.39. The van der Waals surface area contributed by atoms with E-state index in [1.165, 1.54) is 0 Å². The Morgan fingerprint density at radius 3 is 2.50 bits per heavy atom. The van der Waals surface area contributed by atoms with Crippen LogP contribution in [0.4, 0.5) is 13.6 Å². The Morgan fingerprint density at radius 1 is 1.06 bits per heavy atom. The first-order chi connectivity index (χ1) is 16.4. The first-order valence-electron chi connectivity index (χ1n) is 11.7. The third-order valence-corrected chi connectivity index (χ3v) is 6.77. The predicted octanol–water partition coefficient (Wildman–Crippen LogP) is 5.05. The zero-order valence-electron chi connectivity index (χ0n) is 18.9. The van der Waals surface area contributed by atoms with Crippen molar-refractivity contribution in [3.8, 4) is 5.75 Å². The van der Waals surface area contributed by atoms with Crippen LogP contribution in [0.3, 0.4) is 0 Å². The molecule has 4 rings (SSSR count). The maximum atomic E-state index is 14.1. The molecule has 1 aliphatic heterocycles. The number of carbonyl (C=O) groups is 2. The first kappa shape index (κ1) is 24.0. The van der Waals surface area contributed by atoms with E-state index in [2.05, 4.69) is 0 Å². The molecule has 6 nitrogen and oxygen atoms in total. The molecular weight excluding hydrogens is 444 g/mol. The Bertz CT molecular complexity index is 1010. The lowest BCUT2D eigenvalue weighted by molar-refractivity contribution is -0.136. The van der Waals surface area contributed by atoms with Crippen molar-refractivity contribution in [1.82, 2.24) is 4.90 Å². The summed E-state index contributed by atoms with van der Waals surface area (Å²) in [6, 6.07) is 11.4. The van der Waals surface area contributed by atoms with Crippen LogP contribution >= 0.6 is 0 Å². The second-order valence-electron chi connectivity index (χ2n) is 9.11. The number of piperidine rings is 1. The largest absolute Gasteiger partial charge is 0.490 e. The standard InChI is InChI=1S/C26H29F2NO5/c27-22-15-24(23(28)13-20(22)14-25(30)31)33-11-8-19-12-21(19)18-6-9-29(10-7-18)26(32)34-16-17-4-2-1-3-5-17/h1-5,13,15,18-19,21H,6-12,14,16H2,(H,30,31)/t19-,21-/m1/s1. The van der Waals surface area contributed by atoms with Gasteiger partial charge in [0.1, 0.15) is 12.4 Å². The van der Waals surface area contributed by atoms with Gasteiger partial charge in [0.15, 0.2) is 11.6 Å². The Kier molecular flexibility index (Phi) is 7.65. The van der Waals surface area contributed by atoms with E-state index in [-0.39, 0.29) is 30.6 Å². The van der Waals surface area contributed by atoms with Crippen LogP contribution in [-0.2, 0) is 22.6 Å². The Labute approximate surface area is 197 Å². The summed E-state index contributed by atoms with van der Waals surface area (Å²) < 4.78 is 39.0. The highest BCUT2D eigenvalue weighted by molar-refractivity contribution is 5.70. The highest BCUT2D eigenvalue weighted by Crippen LogP contribution is 2.49. The summed E-state index contributed by atoms with van der Waals surface area (Å²) in [6.45, 7) is 1.92. The number of amides is 1.